The summed E-state index contributed by atoms with van der Waals surface area (Å²) in [6.07, 6.45) is 1.74. The molecule has 0 atom stereocenters. The summed E-state index contributed by atoms with van der Waals surface area (Å²) >= 11 is 0. The fraction of sp³-hybridized carbons (Fsp3) is 0.444. The van der Waals surface area contributed by atoms with E-state index in [1.54, 1.807) is 31.4 Å². The van der Waals surface area contributed by atoms with Crippen LogP contribution in [0.4, 0.5) is 0 Å². The van der Waals surface area contributed by atoms with Crippen molar-refractivity contribution >= 4 is 16.0 Å². The topological polar surface area (TPSA) is 109 Å². The van der Waals surface area contributed by atoms with Gasteiger partial charge in [-0.1, -0.05) is 32.9 Å². The zero-order valence-electron chi connectivity index (χ0n) is 16.3. The summed E-state index contributed by atoms with van der Waals surface area (Å²) in [5.41, 5.74) is 0.726. The Bertz CT molecular complexity index is 898. The Morgan fingerprint density at radius 3 is 2.52 bits per heavy atom. The van der Waals surface area contributed by atoms with Crippen molar-refractivity contribution in [1.29, 1.82) is 0 Å². The second-order valence-electron chi connectivity index (χ2n) is 7.00. The Morgan fingerprint density at radius 1 is 1.22 bits per heavy atom. The predicted octanol–water partition coefficient (Wildman–Crippen LogP) is 1.75. The van der Waals surface area contributed by atoms with E-state index in [0.29, 0.717) is 24.9 Å². The van der Waals surface area contributed by atoms with E-state index in [-0.39, 0.29) is 10.3 Å². The molecule has 1 heterocycles. The molecule has 0 saturated heterocycles. The van der Waals surface area contributed by atoms with Crippen LogP contribution in [0.2, 0.25) is 0 Å². The average Bonchev–Trinajstić information content (AvgIpc) is 3.11. The molecule has 0 unspecified atom stereocenters. The second-order valence-corrected chi connectivity index (χ2v) is 8.89. The standard InChI is InChI=1S/C18H27N5O3S/c1-18(2,3)15-11-21-16(26-15)12-23-17(19-4)22-10-13-7-6-8-14(9-13)27(24,25)20-5/h6-9,11,20H,10,12H2,1-5H3,(H2,19,22,23). The average molecular weight is 394 g/mol. The van der Waals surface area contributed by atoms with E-state index < -0.39 is 10.0 Å². The smallest absolute Gasteiger partial charge is 0.240 e. The van der Waals surface area contributed by atoms with Crippen molar-refractivity contribution in [2.24, 2.45) is 4.99 Å². The van der Waals surface area contributed by atoms with E-state index in [2.05, 4.69) is 46.1 Å². The van der Waals surface area contributed by atoms with Crippen LogP contribution in [0.3, 0.4) is 0 Å². The van der Waals surface area contributed by atoms with Crippen LogP contribution in [-0.2, 0) is 28.5 Å². The Labute approximate surface area is 160 Å². The number of aromatic nitrogens is 1. The van der Waals surface area contributed by atoms with Crippen LogP contribution in [0.1, 0.15) is 38.0 Å². The summed E-state index contributed by atoms with van der Waals surface area (Å²) in [6, 6.07) is 6.73. The van der Waals surface area contributed by atoms with Gasteiger partial charge in [0.25, 0.3) is 0 Å². The van der Waals surface area contributed by atoms with E-state index in [1.807, 2.05) is 6.07 Å². The molecule has 0 aliphatic rings. The Balaban J connectivity index is 1.95. The molecular weight excluding hydrogens is 366 g/mol. The number of aliphatic imine (C=N–C) groups is 1. The molecule has 1 aromatic carbocycles. The van der Waals surface area contributed by atoms with Crippen molar-refractivity contribution in [3.05, 3.63) is 47.7 Å². The van der Waals surface area contributed by atoms with Crippen molar-refractivity contribution in [1.82, 2.24) is 20.3 Å². The maximum absolute atomic E-state index is 11.9. The normalized spacial score (nSPS) is 12.9. The van der Waals surface area contributed by atoms with Crippen molar-refractivity contribution in [2.45, 2.75) is 44.2 Å². The van der Waals surface area contributed by atoms with E-state index in [1.165, 1.54) is 7.05 Å². The first-order chi connectivity index (χ1) is 12.7. The summed E-state index contributed by atoms with van der Waals surface area (Å²) in [6.45, 7) is 7.00. The molecule has 0 fully saturated rings. The first-order valence-electron chi connectivity index (χ1n) is 8.58. The maximum atomic E-state index is 11.9. The highest BCUT2D eigenvalue weighted by Gasteiger charge is 2.19. The first-order valence-corrected chi connectivity index (χ1v) is 10.1. The number of hydrogen-bond acceptors (Lipinski definition) is 5. The highest BCUT2D eigenvalue weighted by Crippen LogP contribution is 2.22. The van der Waals surface area contributed by atoms with E-state index in [9.17, 15) is 8.42 Å². The molecule has 9 heteroatoms. The molecule has 8 nitrogen and oxygen atoms in total. The molecule has 2 rings (SSSR count). The van der Waals surface area contributed by atoms with Gasteiger partial charge in [-0.2, -0.15) is 0 Å². The van der Waals surface area contributed by atoms with E-state index in [4.69, 9.17) is 4.42 Å². The van der Waals surface area contributed by atoms with Crippen molar-refractivity contribution in [3.8, 4) is 0 Å². The lowest BCUT2D eigenvalue weighted by molar-refractivity contribution is 0.379. The molecule has 0 saturated carbocycles. The van der Waals surface area contributed by atoms with Crippen LogP contribution in [0.25, 0.3) is 0 Å². The molecule has 0 aliphatic carbocycles. The van der Waals surface area contributed by atoms with Gasteiger partial charge in [-0.15, -0.1) is 0 Å². The Hall–Kier alpha value is -2.39. The fourth-order valence-electron chi connectivity index (χ4n) is 2.24. The molecule has 0 aliphatic heterocycles. The lowest BCUT2D eigenvalue weighted by Gasteiger charge is -2.13. The SMILES string of the molecule is CN=C(NCc1cccc(S(=O)(=O)NC)c1)NCc1ncc(C(C)(C)C)o1. The molecule has 0 bridgehead atoms. The number of hydrogen-bond donors (Lipinski definition) is 3. The van der Waals surface area contributed by atoms with Crippen LogP contribution < -0.4 is 15.4 Å². The third-order valence-corrected chi connectivity index (χ3v) is 5.27. The number of oxazole rings is 1. The van der Waals surface area contributed by atoms with Gasteiger partial charge in [-0.25, -0.2) is 18.1 Å². The summed E-state index contributed by atoms with van der Waals surface area (Å²) in [5, 5.41) is 6.27. The first kappa shape index (κ1) is 20.9. The summed E-state index contributed by atoms with van der Waals surface area (Å²) in [5.74, 6) is 1.96. The van der Waals surface area contributed by atoms with Gasteiger partial charge < -0.3 is 15.1 Å². The van der Waals surface area contributed by atoms with Gasteiger partial charge in [0.2, 0.25) is 15.9 Å². The zero-order valence-corrected chi connectivity index (χ0v) is 17.1. The third kappa shape index (κ3) is 5.80. The van der Waals surface area contributed by atoms with E-state index >= 15 is 0 Å². The zero-order chi connectivity index (χ0) is 20.1. The number of nitrogens with one attached hydrogen (secondary N) is 3. The van der Waals surface area contributed by atoms with Gasteiger partial charge >= 0.3 is 0 Å². The van der Waals surface area contributed by atoms with Crippen LogP contribution >= 0.6 is 0 Å². The van der Waals surface area contributed by atoms with Crippen molar-refractivity contribution in [2.75, 3.05) is 14.1 Å². The predicted molar refractivity (Wildman–Crippen MR) is 105 cm³/mol. The minimum Gasteiger partial charge on any atom is -0.443 e. The van der Waals surface area contributed by atoms with Gasteiger partial charge in [0.15, 0.2) is 5.96 Å². The summed E-state index contributed by atoms with van der Waals surface area (Å²) < 4.78 is 31.8. The molecule has 1 aromatic heterocycles. The van der Waals surface area contributed by atoms with Gasteiger partial charge in [0.05, 0.1) is 17.6 Å². The van der Waals surface area contributed by atoms with E-state index in [0.717, 1.165) is 11.3 Å². The minimum absolute atomic E-state index is 0.0934. The highest BCUT2D eigenvalue weighted by atomic mass is 32.2. The number of nitrogens with zero attached hydrogens (tertiary/aromatic N) is 2. The van der Waals surface area contributed by atoms with Gasteiger partial charge in [0, 0.05) is 19.0 Å². The Morgan fingerprint density at radius 2 is 1.93 bits per heavy atom. The lowest BCUT2D eigenvalue weighted by Crippen LogP contribution is -2.36. The largest absolute Gasteiger partial charge is 0.443 e. The number of rotatable bonds is 6. The third-order valence-electron chi connectivity index (χ3n) is 3.86. The summed E-state index contributed by atoms with van der Waals surface area (Å²) in [4.78, 5) is 8.65. The molecule has 0 amide bonds. The van der Waals surface area contributed by atoms with Crippen molar-refractivity contribution in [3.63, 3.8) is 0 Å². The molecule has 3 N–H and O–H groups in total. The quantitative estimate of drug-likeness (QED) is 0.510. The number of benzene rings is 1. The van der Waals surface area contributed by atoms with Crippen molar-refractivity contribution < 1.29 is 12.8 Å². The monoisotopic (exact) mass is 393 g/mol. The molecular formula is C18H27N5O3S. The minimum atomic E-state index is -3.47. The molecule has 0 spiro atoms. The molecule has 2 aromatic rings. The molecule has 148 valence electrons. The lowest BCUT2D eigenvalue weighted by atomic mass is 9.94. The van der Waals surface area contributed by atoms with Crippen LogP contribution in [-0.4, -0.2) is 33.5 Å². The van der Waals surface area contributed by atoms with Crippen LogP contribution in [0.15, 0.2) is 44.8 Å². The van der Waals surface area contributed by atoms with Gasteiger partial charge in [0.1, 0.15) is 5.76 Å². The maximum Gasteiger partial charge on any atom is 0.240 e. The number of guanidine groups is 1. The molecule has 0 radical (unpaired) electrons. The fourth-order valence-corrected chi connectivity index (χ4v) is 3.04. The summed E-state index contributed by atoms with van der Waals surface area (Å²) in [7, 11) is -0.416. The second kappa shape index (κ2) is 8.53. The van der Waals surface area contributed by atoms with Crippen LogP contribution in [0.5, 0.6) is 0 Å². The van der Waals surface area contributed by atoms with Gasteiger partial charge in [-0.05, 0) is 24.7 Å². The highest BCUT2D eigenvalue weighted by molar-refractivity contribution is 7.89. The van der Waals surface area contributed by atoms with Crippen LogP contribution in [0, 0.1) is 0 Å². The molecule has 27 heavy (non-hydrogen) atoms. The van der Waals surface area contributed by atoms with Gasteiger partial charge in [-0.3, -0.25) is 4.99 Å². The number of sulfonamides is 1. The Kier molecular flexibility index (Phi) is 6.61.